The normalized spacial score (nSPS) is 11.7. The van der Waals surface area contributed by atoms with Gasteiger partial charge in [-0.05, 0) is 43.9 Å². The van der Waals surface area contributed by atoms with Crippen molar-refractivity contribution in [2.45, 2.75) is 224 Å². The van der Waals surface area contributed by atoms with Gasteiger partial charge in [0.25, 0.3) is 0 Å². The molecule has 1 aromatic rings. The molecule has 0 heterocycles. The van der Waals surface area contributed by atoms with Crippen LogP contribution in [0.15, 0.2) is 47.4 Å². The summed E-state index contributed by atoms with van der Waals surface area (Å²) < 4.78 is 45.6. The van der Waals surface area contributed by atoms with E-state index in [9.17, 15) is 22.6 Å². The molecule has 0 aromatic heterocycles. The van der Waals surface area contributed by atoms with Crippen LogP contribution in [-0.4, -0.2) is 38.1 Å². The smallest absolute Gasteiger partial charge is 0.744 e. The van der Waals surface area contributed by atoms with E-state index in [1.165, 1.54) is 180 Å². The van der Waals surface area contributed by atoms with Crippen LogP contribution in [0.2, 0.25) is 0 Å². The summed E-state index contributed by atoms with van der Waals surface area (Å²) in [4.78, 5) is 25.2. The average Bonchev–Trinajstić information content (AvgIpc) is 3.18. The number of carbonyl (C=O) groups excluding carboxylic acids is 2. The van der Waals surface area contributed by atoms with Crippen LogP contribution in [0.1, 0.15) is 240 Å². The summed E-state index contributed by atoms with van der Waals surface area (Å²) >= 11 is 0. The van der Waals surface area contributed by atoms with E-state index < -0.39 is 27.0 Å². The minimum absolute atomic E-state index is 0. The van der Waals surface area contributed by atoms with Crippen molar-refractivity contribution >= 4 is 22.1 Å². The topological polar surface area (TPSA) is 110 Å². The van der Waals surface area contributed by atoms with Crippen molar-refractivity contribution in [2.75, 3.05) is 13.2 Å². The zero-order valence-electron chi connectivity index (χ0n) is 36.8. The second-order valence-electron chi connectivity index (χ2n) is 15.8. The van der Waals surface area contributed by atoms with Gasteiger partial charge in [-0.15, -0.1) is 0 Å². The summed E-state index contributed by atoms with van der Waals surface area (Å²) in [6.45, 7) is 4.53. The Morgan fingerprint density at radius 1 is 0.474 bits per heavy atom. The van der Waals surface area contributed by atoms with Crippen molar-refractivity contribution in [1.29, 1.82) is 0 Å². The van der Waals surface area contributed by atoms with Crippen LogP contribution in [0.3, 0.4) is 0 Å². The van der Waals surface area contributed by atoms with Crippen molar-refractivity contribution < 1.29 is 83.4 Å². The Labute approximate surface area is 392 Å². The molecule has 0 amide bonds. The number of rotatable bonds is 39. The summed E-state index contributed by atoms with van der Waals surface area (Å²) in [6.07, 6.45) is 48.9. The Bertz CT molecular complexity index is 1280. The van der Waals surface area contributed by atoms with Gasteiger partial charge in [-0.3, -0.25) is 0 Å². The molecule has 1 rings (SSSR count). The SMILES string of the molecule is CCCCCCCCCCCCCCCCC/C=C/COC(=O)c1ccc(S(=O)(=O)[O-])cc1C(=O)OC/C=C/CCCCCCCCCCCCCCCCC.[K+]. The van der Waals surface area contributed by atoms with Gasteiger partial charge in [0.15, 0.2) is 0 Å². The van der Waals surface area contributed by atoms with Gasteiger partial charge in [0.1, 0.15) is 23.3 Å². The molecule has 0 aliphatic heterocycles. The minimum atomic E-state index is -4.84. The van der Waals surface area contributed by atoms with E-state index in [0.29, 0.717) is 0 Å². The van der Waals surface area contributed by atoms with E-state index in [2.05, 4.69) is 13.8 Å². The molecule has 57 heavy (non-hydrogen) atoms. The fourth-order valence-electron chi connectivity index (χ4n) is 7.07. The minimum Gasteiger partial charge on any atom is -0.744 e. The standard InChI is InChI=1S/C48H82O7S.K/c1-3-5-7-9-11-13-15-17-19-21-23-25-27-29-31-33-35-37-41-54-47(49)45-40-39-44(56(51,52)53)43-46(45)48(50)55-42-38-36-34-32-30-28-26-24-22-20-18-16-14-12-10-8-6-4-2;/h35-40,43H,3-34,41-42H2,1-2H3,(H,51,52,53);/q;+1/p-1/b37-35+,38-36+;. The summed E-state index contributed by atoms with van der Waals surface area (Å²) in [5, 5.41) is 0. The Balaban J connectivity index is 0.0000314. The Kier molecular flexibility index (Phi) is 40.0. The monoisotopic (exact) mass is 841 g/mol. The Hall–Kier alpha value is -0.814. The number of benzene rings is 1. The first-order valence-corrected chi connectivity index (χ1v) is 24.5. The number of allylic oxidation sites excluding steroid dienone is 2. The van der Waals surface area contributed by atoms with Crippen molar-refractivity contribution in [1.82, 2.24) is 0 Å². The molecule has 0 radical (unpaired) electrons. The molecular weight excluding hydrogens is 760 g/mol. The summed E-state index contributed by atoms with van der Waals surface area (Å²) in [5.41, 5.74) is -0.440. The summed E-state index contributed by atoms with van der Waals surface area (Å²) in [5.74, 6) is -1.67. The van der Waals surface area contributed by atoms with Crippen LogP contribution in [0.25, 0.3) is 0 Å². The molecular formula is C48H81KO7S. The first-order valence-electron chi connectivity index (χ1n) is 23.0. The van der Waals surface area contributed by atoms with Gasteiger partial charge in [-0.1, -0.05) is 218 Å². The maximum Gasteiger partial charge on any atom is 1.00 e. The predicted molar refractivity (Wildman–Crippen MR) is 232 cm³/mol. The molecule has 0 unspecified atom stereocenters. The predicted octanol–water partition coefficient (Wildman–Crippen LogP) is 11.5. The second-order valence-corrected chi connectivity index (χ2v) is 17.2. The molecule has 0 atom stereocenters. The van der Waals surface area contributed by atoms with E-state index in [1.54, 1.807) is 12.2 Å². The Morgan fingerprint density at radius 3 is 1.09 bits per heavy atom. The van der Waals surface area contributed by atoms with Crippen molar-refractivity contribution in [2.24, 2.45) is 0 Å². The van der Waals surface area contributed by atoms with E-state index in [4.69, 9.17) is 9.47 Å². The number of carbonyl (C=O) groups is 2. The van der Waals surface area contributed by atoms with Crippen LogP contribution in [0.5, 0.6) is 0 Å². The maximum absolute atomic E-state index is 12.9. The maximum atomic E-state index is 12.9. The van der Waals surface area contributed by atoms with E-state index in [-0.39, 0.29) is 75.7 Å². The number of hydrogen-bond acceptors (Lipinski definition) is 7. The van der Waals surface area contributed by atoms with Crippen molar-refractivity contribution in [3.8, 4) is 0 Å². The van der Waals surface area contributed by atoms with Crippen LogP contribution >= 0.6 is 0 Å². The number of esters is 2. The Morgan fingerprint density at radius 2 is 0.772 bits per heavy atom. The molecule has 0 aliphatic rings. The first kappa shape index (κ1) is 56.2. The van der Waals surface area contributed by atoms with E-state index in [1.807, 2.05) is 12.2 Å². The molecule has 1 aromatic carbocycles. The van der Waals surface area contributed by atoms with Gasteiger partial charge in [-0.2, -0.15) is 0 Å². The summed E-state index contributed by atoms with van der Waals surface area (Å²) in [6, 6.07) is 3.04. The molecule has 0 saturated heterocycles. The third kappa shape index (κ3) is 33.6. The zero-order chi connectivity index (χ0) is 40.8. The quantitative estimate of drug-likeness (QED) is 0.0213. The number of unbranched alkanes of at least 4 members (excludes halogenated alkanes) is 30. The van der Waals surface area contributed by atoms with Gasteiger partial charge < -0.3 is 14.0 Å². The average molecular weight is 841 g/mol. The number of ether oxygens (including phenoxy) is 2. The molecule has 0 spiro atoms. The van der Waals surface area contributed by atoms with Gasteiger partial charge in [0.05, 0.1) is 16.0 Å². The second kappa shape index (κ2) is 40.6. The van der Waals surface area contributed by atoms with Crippen LogP contribution in [-0.2, 0) is 19.6 Å². The molecule has 7 nitrogen and oxygen atoms in total. The van der Waals surface area contributed by atoms with Crippen LogP contribution in [0.4, 0.5) is 0 Å². The zero-order valence-corrected chi connectivity index (χ0v) is 40.8. The molecule has 0 fully saturated rings. The van der Waals surface area contributed by atoms with Gasteiger partial charge >= 0.3 is 63.3 Å². The van der Waals surface area contributed by atoms with Gasteiger partial charge in [0.2, 0.25) is 0 Å². The first-order chi connectivity index (χ1) is 27.3. The van der Waals surface area contributed by atoms with Gasteiger partial charge in [0, 0.05) is 0 Å². The summed E-state index contributed by atoms with van der Waals surface area (Å²) in [7, 11) is -4.84. The van der Waals surface area contributed by atoms with E-state index in [0.717, 1.165) is 43.9 Å². The molecule has 9 heteroatoms. The largest absolute Gasteiger partial charge is 1.00 e. The van der Waals surface area contributed by atoms with Crippen LogP contribution in [0, 0.1) is 0 Å². The van der Waals surface area contributed by atoms with Crippen LogP contribution < -0.4 is 51.4 Å². The third-order valence-corrected chi connectivity index (χ3v) is 11.5. The fourth-order valence-corrected chi connectivity index (χ4v) is 7.56. The molecule has 0 N–H and O–H groups in total. The molecule has 0 saturated carbocycles. The van der Waals surface area contributed by atoms with Crippen molar-refractivity contribution in [3.63, 3.8) is 0 Å². The van der Waals surface area contributed by atoms with Crippen molar-refractivity contribution in [3.05, 3.63) is 53.6 Å². The third-order valence-electron chi connectivity index (χ3n) is 10.6. The van der Waals surface area contributed by atoms with Gasteiger partial charge in [-0.25, -0.2) is 18.0 Å². The fraction of sp³-hybridized carbons (Fsp3) is 0.750. The van der Waals surface area contributed by atoms with E-state index >= 15 is 0 Å². The molecule has 0 aliphatic carbocycles. The molecule has 0 bridgehead atoms. The molecule has 322 valence electrons. The number of hydrogen-bond donors (Lipinski definition) is 0.